The Hall–Kier alpha value is -4.21. The molecular weight excluding hydrogens is 456 g/mol. The molecule has 0 bridgehead atoms. The van der Waals surface area contributed by atoms with Crippen LogP contribution >= 0.6 is 0 Å². The molecule has 5 aromatic rings. The molecule has 3 N–H and O–H groups in total. The summed E-state index contributed by atoms with van der Waals surface area (Å²) < 4.78 is 2.15. The van der Waals surface area contributed by atoms with Gasteiger partial charge >= 0.3 is 0 Å². The standard InChI is InChI=1S/C31H30N6/c1-2-20-19-37(26-12-7-22(17-32)29(16-26)36-25-10-8-24(33)9-11-25)31-30(20)27(13-14-34-31)23-15-21-5-3-4-6-28(21)35-18-23/h3-7,12-16,18-19,24-25,36H,2,8-11,33H2,1H3/t24-,25-. The molecule has 3 aromatic heterocycles. The van der Waals surface area contributed by atoms with E-state index in [9.17, 15) is 5.26 Å². The number of aromatic nitrogens is 3. The molecule has 6 rings (SSSR count). The molecule has 37 heavy (non-hydrogen) atoms. The molecule has 0 aliphatic heterocycles. The van der Waals surface area contributed by atoms with Crippen molar-refractivity contribution in [1.82, 2.24) is 14.5 Å². The number of nitrogens with one attached hydrogen (secondary N) is 1. The van der Waals surface area contributed by atoms with E-state index in [-0.39, 0.29) is 6.04 Å². The maximum absolute atomic E-state index is 9.77. The number of aryl methyl sites for hydroxylation is 1. The molecule has 184 valence electrons. The molecule has 1 fully saturated rings. The predicted molar refractivity (Wildman–Crippen MR) is 150 cm³/mol. The zero-order valence-corrected chi connectivity index (χ0v) is 21.0. The van der Waals surface area contributed by atoms with Gasteiger partial charge < -0.3 is 15.6 Å². The second-order valence-corrected chi connectivity index (χ2v) is 9.95. The highest BCUT2D eigenvalue weighted by atomic mass is 15.0. The van der Waals surface area contributed by atoms with Gasteiger partial charge in [0.2, 0.25) is 0 Å². The Morgan fingerprint density at radius 3 is 2.70 bits per heavy atom. The maximum Gasteiger partial charge on any atom is 0.145 e. The number of para-hydroxylation sites is 1. The van der Waals surface area contributed by atoms with Crippen molar-refractivity contribution in [2.24, 2.45) is 5.73 Å². The lowest BCUT2D eigenvalue weighted by Gasteiger charge is -2.28. The lowest BCUT2D eigenvalue weighted by Crippen LogP contribution is -2.33. The number of nitrogens with two attached hydrogens (primary N) is 1. The van der Waals surface area contributed by atoms with Crippen molar-refractivity contribution in [3.05, 3.63) is 84.3 Å². The summed E-state index contributed by atoms with van der Waals surface area (Å²) in [4.78, 5) is 9.52. The minimum Gasteiger partial charge on any atom is -0.381 e. The van der Waals surface area contributed by atoms with E-state index in [0.29, 0.717) is 11.6 Å². The minimum atomic E-state index is 0.289. The summed E-state index contributed by atoms with van der Waals surface area (Å²) in [6.45, 7) is 2.17. The highest BCUT2D eigenvalue weighted by Gasteiger charge is 2.20. The van der Waals surface area contributed by atoms with E-state index < -0.39 is 0 Å². The van der Waals surface area contributed by atoms with E-state index in [1.54, 1.807) is 0 Å². The van der Waals surface area contributed by atoms with E-state index in [2.05, 4.69) is 53.3 Å². The molecule has 0 atom stereocenters. The van der Waals surface area contributed by atoms with Crippen molar-refractivity contribution in [3.8, 4) is 22.9 Å². The molecule has 1 aliphatic rings. The summed E-state index contributed by atoms with van der Waals surface area (Å²) in [5.41, 5.74) is 13.9. The number of benzene rings is 2. The zero-order valence-electron chi connectivity index (χ0n) is 21.0. The summed E-state index contributed by atoms with van der Waals surface area (Å²) in [6.07, 6.45) is 11.0. The van der Waals surface area contributed by atoms with E-state index in [1.807, 2.05) is 42.7 Å². The SMILES string of the molecule is CCc1cn(-c2ccc(C#N)c(N[C@H]3CC[C@H](N)CC3)c2)c2nccc(-c3cnc4ccccc4c3)c12. The molecule has 0 radical (unpaired) electrons. The normalized spacial score (nSPS) is 17.6. The number of nitriles is 1. The van der Waals surface area contributed by atoms with Gasteiger partial charge in [-0.05, 0) is 79.6 Å². The summed E-state index contributed by atoms with van der Waals surface area (Å²) >= 11 is 0. The van der Waals surface area contributed by atoms with Gasteiger partial charge in [0, 0.05) is 52.7 Å². The molecule has 0 saturated heterocycles. The first kappa shape index (κ1) is 23.2. The molecule has 2 aromatic carbocycles. The Labute approximate surface area is 216 Å². The minimum absolute atomic E-state index is 0.289. The van der Waals surface area contributed by atoms with Crippen LogP contribution in [0.25, 0.3) is 38.8 Å². The van der Waals surface area contributed by atoms with Gasteiger partial charge in [0.1, 0.15) is 11.7 Å². The fourth-order valence-corrected chi connectivity index (χ4v) is 5.54. The first-order valence-corrected chi connectivity index (χ1v) is 13.1. The van der Waals surface area contributed by atoms with Crippen LogP contribution in [0, 0.1) is 11.3 Å². The topological polar surface area (TPSA) is 92.5 Å². The Balaban J connectivity index is 1.44. The summed E-state index contributed by atoms with van der Waals surface area (Å²) in [7, 11) is 0. The van der Waals surface area contributed by atoms with Crippen LogP contribution in [-0.4, -0.2) is 26.6 Å². The fourth-order valence-electron chi connectivity index (χ4n) is 5.54. The Kier molecular flexibility index (Phi) is 6.07. The van der Waals surface area contributed by atoms with E-state index in [4.69, 9.17) is 15.7 Å². The van der Waals surface area contributed by atoms with Crippen LogP contribution in [0.1, 0.15) is 43.7 Å². The van der Waals surface area contributed by atoms with Gasteiger partial charge in [-0.2, -0.15) is 5.26 Å². The van der Waals surface area contributed by atoms with E-state index in [1.165, 1.54) is 5.56 Å². The maximum atomic E-state index is 9.77. The molecule has 6 nitrogen and oxygen atoms in total. The third-order valence-electron chi connectivity index (χ3n) is 7.58. The van der Waals surface area contributed by atoms with Crippen molar-refractivity contribution >= 4 is 27.6 Å². The first-order valence-electron chi connectivity index (χ1n) is 13.1. The van der Waals surface area contributed by atoms with Gasteiger partial charge in [-0.3, -0.25) is 4.98 Å². The van der Waals surface area contributed by atoms with Crippen molar-refractivity contribution in [2.45, 2.75) is 51.1 Å². The van der Waals surface area contributed by atoms with Gasteiger partial charge in [0.25, 0.3) is 0 Å². The van der Waals surface area contributed by atoms with Gasteiger partial charge in [-0.1, -0.05) is 25.1 Å². The van der Waals surface area contributed by atoms with Crippen molar-refractivity contribution in [3.63, 3.8) is 0 Å². The number of pyridine rings is 2. The van der Waals surface area contributed by atoms with Crippen LogP contribution in [0.15, 0.2) is 73.2 Å². The average Bonchev–Trinajstić information content (AvgIpc) is 3.33. The van der Waals surface area contributed by atoms with Crippen molar-refractivity contribution in [2.75, 3.05) is 5.32 Å². The van der Waals surface area contributed by atoms with Gasteiger partial charge in [0.05, 0.1) is 16.8 Å². The van der Waals surface area contributed by atoms with E-state index in [0.717, 1.165) is 76.5 Å². The largest absolute Gasteiger partial charge is 0.381 e. The number of fused-ring (bicyclic) bond motifs is 2. The molecule has 1 saturated carbocycles. The zero-order chi connectivity index (χ0) is 25.4. The molecule has 1 aliphatic carbocycles. The van der Waals surface area contributed by atoms with Crippen LogP contribution < -0.4 is 11.1 Å². The second-order valence-electron chi connectivity index (χ2n) is 9.95. The molecule has 0 unspecified atom stereocenters. The Morgan fingerprint density at radius 2 is 1.89 bits per heavy atom. The van der Waals surface area contributed by atoms with Gasteiger partial charge in [0.15, 0.2) is 0 Å². The monoisotopic (exact) mass is 486 g/mol. The Morgan fingerprint density at radius 1 is 1.05 bits per heavy atom. The molecule has 0 amide bonds. The molecule has 0 spiro atoms. The number of rotatable bonds is 5. The highest BCUT2D eigenvalue weighted by molar-refractivity contribution is 5.98. The van der Waals surface area contributed by atoms with Crippen LogP contribution in [0.2, 0.25) is 0 Å². The van der Waals surface area contributed by atoms with Crippen LogP contribution in [-0.2, 0) is 6.42 Å². The Bertz CT molecular complexity index is 1640. The molecular formula is C31H30N6. The number of anilines is 1. The number of hydrogen-bond acceptors (Lipinski definition) is 5. The number of nitrogens with zero attached hydrogens (tertiary/aromatic N) is 4. The molecule has 6 heteroatoms. The highest BCUT2D eigenvalue weighted by Crippen LogP contribution is 2.35. The fraction of sp³-hybridized carbons (Fsp3) is 0.258. The quantitative estimate of drug-likeness (QED) is 0.302. The van der Waals surface area contributed by atoms with Crippen LogP contribution in [0.3, 0.4) is 0 Å². The predicted octanol–water partition coefficient (Wildman–Crippen LogP) is 6.36. The summed E-state index contributed by atoms with van der Waals surface area (Å²) in [5, 5.41) is 15.7. The van der Waals surface area contributed by atoms with Crippen LogP contribution in [0.4, 0.5) is 5.69 Å². The van der Waals surface area contributed by atoms with Crippen molar-refractivity contribution < 1.29 is 0 Å². The second kappa shape index (κ2) is 9.68. The lowest BCUT2D eigenvalue weighted by molar-refractivity contribution is 0.411. The number of hydrogen-bond donors (Lipinski definition) is 2. The first-order chi connectivity index (χ1) is 18.1. The van der Waals surface area contributed by atoms with E-state index >= 15 is 0 Å². The smallest absolute Gasteiger partial charge is 0.145 e. The third-order valence-corrected chi connectivity index (χ3v) is 7.58. The lowest BCUT2D eigenvalue weighted by atomic mass is 9.91. The van der Waals surface area contributed by atoms with Crippen LogP contribution in [0.5, 0.6) is 0 Å². The molecule has 3 heterocycles. The van der Waals surface area contributed by atoms with Crippen molar-refractivity contribution in [1.29, 1.82) is 5.26 Å². The average molecular weight is 487 g/mol. The van der Waals surface area contributed by atoms with Gasteiger partial charge in [-0.15, -0.1) is 0 Å². The summed E-state index contributed by atoms with van der Waals surface area (Å²) in [6, 6.07) is 21.4. The third kappa shape index (κ3) is 4.32. The van der Waals surface area contributed by atoms with Gasteiger partial charge in [-0.25, -0.2) is 4.98 Å². The summed E-state index contributed by atoms with van der Waals surface area (Å²) in [5.74, 6) is 0.